The molecule has 0 radical (unpaired) electrons. The molecule has 0 saturated carbocycles. The van der Waals surface area contributed by atoms with Crippen LogP contribution >= 0.6 is 0 Å². The van der Waals surface area contributed by atoms with Crippen molar-refractivity contribution < 1.29 is 4.39 Å². The first-order valence-electron chi connectivity index (χ1n) is 9.28. The number of hydrogen-bond donors (Lipinski definition) is 1. The summed E-state index contributed by atoms with van der Waals surface area (Å²) in [6.45, 7) is 1.68. The van der Waals surface area contributed by atoms with Crippen molar-refractivity contribution >= 4 is 17.3 Å². The summed E-state index contributed by atoms with van der Waals surface area (Å²) < 4.78 is 16.5. The molecule has 1 atom stereocenters. The fraction of sp³-hybridized carbons (Fsp3) is 0.300. The van der Waals surface area contributed by atoms with E-state index in [1.807, 2.05) is 18.2 Å². The Balaban J connectivity index is 1.48. The molecule has 1 aliphatic rings. The summed E-state index contributed by atoms with van der Waals surface area (Å²) in [6, 6.07) is 7.59. The largest absolute Gasteiger partial charge is 0.368 e. The first-order chi connectivity index (χ1) is 14.0. The molecule has 3 aromatic rings. The van der Waals surface area contributed by atoms with E-state index in [1.54, 1.807) is 17.1 Å². The molecule has 1 aromatic carbocycles. The Bertz CT molecular complexity index is 1040. The molecule has 29 heavy (non-hydrogen) atoms. The highest BCUT2D eigenvalue weighted by atomic mass is 19.1. The lowest BCUT2D eigenvalue weighted by Crippen LogP contribution is -2.31. The molecule has 0 spiro atoms. The molecular formula is C20H21FN8. The van der Waals surface area contributed by atoms with Gasteiger partial charge >= 0.3 is 0 Å². The third-order valence-corrected chi connectivity index (χ3v) is 5.07. The van der Waals surface area contributed by atoms with E-state index in [9.17, 15) is 4.39 Å². The minimum atomic E-state index is -0.247. The molecule has 9 heteroatoms. The molecule has 4 rings (SSSR count). The Labute approximate surface area is 168 Å². The van der Waals surface area contributed by atoms with Gasteiger partial charge in [-0.05, 0) is 32.6 Å². The maximum absolute atomic E-state index is 14.8. The van der Waals surface area contributed by atoms with Gasteiger partial charge in [-0.15, -0.1) is 0 Å². The van der Waals surface area contributed by atoms with E-state index >= 15 is 0 Å². The lowest BCUT2D eigenvalue weighted by molar-refractivity contribution is 0.315. The van der Waals surface area contributed by atoms with Crippen molar-refractivity contribution in [1.29, 1.82) is 5.26 Å². The molecule has 148 valence electrons. The number of nitrogens with one attached hydrogen (secondary N) is 1. The van der Waals surface area contributed by atoms with Gasteiger partial charge in [-0.1, -0.05) is 0 Å². The van der Waals surface area contributed by atoms with Gasteiger partial charge < -0.3 is 19.7 Å². The van der Waals surface area contributed by atoms with Gasteiger partial charge in [0.05, 0.1) is 24.3 Å². The molecular weight excluding hydrogens is 371 g/mol. The predicted molar refractivity (Wildman–Crippen MR) is 108 cm³/mol. The van der Waals surface area contributed by atoms with Gasteiger partial charge in [-0.3, -0.25) is 0 Å². The Morgan fingerprint density at radius 3 is 2.72 bits per heavy atom. The normalized spacial score (nSPS) is 16.2. The molecule has 0 aliphatic carbocycles. The van der Waals surface area contributed by atoms with E-state index < -0.39 is 0 Å². The van der Waals surface area contributed by atoms with Crippen molar-refractivity contribution in [3.63, 3.8) is 0 Å². The third kappa shape index (κ3) is 4.02. The summed E-state index contributed by atoms with van der Waals surface area (Å²) in [7, 11) is 4.11. The molecule has 1 unspecified atom stereocenters. The van der Waals surface area contributed by atoms with Gasteiger partial charge in [0.25, 0.3) is 0 Å². The van der Waals surface area contributed by atoms with E-state index in [0.717, 1.165) is 19.5 Å². The molecule has 0 amide bonds. The maximum atomic E-state index is 14.8. The third-order valence-electron chi connectivity index (χ3n) is 5.07. The van der Waals surface area contributed by atoms with Crippen LogP contribution in [-0.2, 0) is 0 Å². The molecule has 8 nitrogen and oxygen atoms in total. The number of halogens is 1. The fourth-order valence-corrected chi connectivity index (χ4v) is 3.41. The summed E-state index contributed by atoms with van der Waals surface area (Å²) in [5.74, 6) is 0.769. The highest BCUT2D eigenvalue weighted by Crippen LogP contribution is 2.27. The van der Waals surface area contributed by atoms with Gasteiger partial charge in [0, 0.05) is 30.9 Å². The molecule has 1 fully saturated rings. The van der Waals surface area contributed by atoms with Crippen molar-refractivity contribution in [3.05, 3.63) is 54.6 Å². The van der Waals surface area contributed by atoms with Gasteiger partial charge in [0.1, 0.15) is 29.8 Å². The van der Waals surface area contributed by atoms with Crippen LogP contribution in [0, 0.1) is 17.1 Å². The first kappa shape index (κ1) is 18.8. The lowest BCUT2D eigenvalue weighted by Gasteiger charge is -2.22. The summed E-state index contributed by atoms with van der Waals surface area (Å²) in [5, 5.41) is 11.8. The Morgan fingerprint density at radius 2 is 2.07 bits per heavy atom. The standard InChI is InChI=1S/C20H21FN8/c1-27(2)16-5-6-28(11-16)18-4-3-15(7-17(18)21)29-12-20(25-13-29)26-19-10-23-14(8-22)9-24-19/h3-4,7,9-10,12-13,16H,5-6,11H2,1-2H3,(H,24,26). The zero-order chi connectivity index (χ0) is 20.4. The van der Waals surface area contributed by atoms with Crippen LogP contribution in [0.2, 0.25) is 0 Å². The Kier molecular flexibility index (Phi) is 5.10. The highest BCUT2D eigenvalue weighted by Gasteiger charge is 2.25. The van der Waals surface area contributed by atoms with E-state index in [1.165, 1.54) is 18.5 Å². The molecule has 1 aliphatic heterocycles. The van der Waals surface area contributed by atoms with Crippen LogP contribution in [0.15, 0.2) is 43.1 Å². The number of benzene rings is 1. The molecule has 1 saturated heterocycles. The van der Waals surface area contributed by atoms with Crippen LogP contribution in [0.25, 0.3) is 5.69 Å². The number of nitrogens with zero attached hydrogens (tertiary/aromatic N) is 7. The number of rotatable bonds is 5. The second-order valence-electron chi connectivity index (χ2n) is 7.18. The van der Waals surface area contributed by atoms with Gasteiger partial charge in [-0.25, -0.2) is 19.3 Å². The van der Waals surface area contributed by atoms with Crippen molar-refractivity contribution in [3.8, 4) is 11.8 Å². The van der Waals surface area contributed by atoms with E-state index in [0.29, 0.717) is 29.1 Å². The second kappa shape index (κ2) is 7.85. The first-order valence-corrected chi connectivity index (χ1v) is 9.28. The summed E-state index contributed by atoms with van der Waals surface area (Å²) in [4.78, 5) is 16.6. The zero-order valence-electron chi connectivity index (χ0n) is 16.2. The van der Waals surface area contributed by atoms with Crippen molar-refractivity contribution in [2.75, 3.05) is 37.4 Å². The van der Waals surface area contributed by atoms with E-state index in [-0.39, 0.29) is 11.5 Å². The van der Waals surface area contributed by atoms with Crippen molar-refractivity contribution in [2.45, 2.75) is 12.5 Å². The smallest absolute Gasteiger partial charge is 0.158 e. The van der Waals surface area contributed by atoms with Crippen LogP contribution in [-0.4, -0.2) is 57.6 Å². The molecule has 1 N–H and O–H groups in total. The topological polar surface area (TPSA) is 85.9 Å². The SMILES string of the molecule is CN(C)C1CCN(c2ccc(-n3cnc(Nc4cnc(C#N)cn4)c3)cc2F)C1. The number of aromatic nitrogens is 4. The van der Waals surface area contributed by atoms with Crippen LogP contribution in [0.3, 0.4) is 0 Å². The minimum Gasteiger partial charge on any atom is -0.368 e. The molecule has 2 aromatic heterocycles. The maximum Gasteiger partial charge on any atom is 0.158 e. The van der Waals surface area contributed by atoms with Crippen LogP contribution in [0.5, 0.6) is 0 Å². The van der Waals surface area contributed by atoms with Crippen LogP contribution in [0.1, 0.15) is 12.1 Å². The molecule has 3 heterocycles. The number of anilines is 3. The Hall–Kier alpha value is -3.51. The summed E-state index contributed by atoms with van der Waals surface area (Å²) in [6.07, 6.45) is 7.22. The minimum absolute atomic E-state index is 0.242. The van der Waals surface area contributed by atoms with Crippen molar-refractivity contribution in [1.82, 2.24) is 24.4 Å². The fourth-order valence-electron chi connectivity index (χ4n) is 3.41. The summed E-state index contributed by atoms with van der Waals surface area (Å²) >= 11 is 0. The quantitative estimate of drug-likeness (QED) is 0.714. The van der Waals surface area contributed by atoms with Crippen molar-refractivity contribution in [2.24, 2.45) is 0 Å². The van der Waals surface area contributed by atoms with Gasteiger partial charge in [0.15, 0.2) is 5.69 Å². The lowest BCUT2D eigenvalue weighted by atomic mass is 10.2. The average molecular weight is 392 g/mol. The van der Waals surface area contributed by atoms with Crippen LogP contribution < -0.4 is 10.2 Å². The molecule has 0 bridgehead atoms. The van der Waals surface area contributed by atoms with E-state index in [2.05, 4.69) is 44.2 Å². The van der Waals surface area contributed by atoms with Gasteiger partial charge in [-0.2, -0.15) is 5.26 Å². The summed E-state index contributed by atoms with van der Waals surface area (Å²) in [5.41, 5.74) is 1.55. The monoisotopic (exact) mass is 392 g/mol. The number of imidazole rings is 1. The number of likely N-dealkylation sites (N-methyl/N-ethyl adjacent to an activating group) is 1. The average Bonchev–Trinajstić information content (AvgIpc) is 3.38. The van der Waals surface area contributed by atoms with E-state index in [4.69, 9.17) is 5.26 Å². The predicted octanol–water partition coefficient (Wildman–Crippen LogP) is 2.56. The van der Waals surface area contributed by atoms with Gasteiger partial charge in [0.2, 0.25) is 0 Å². The number of hydrogen-bond acceptors (Lipinski definition) is 7. The second-order valence-corrected chi connectivity index (χ2v) is 7.18. The number of nitriles is 1. The zero-order valence-corrected chi connectivity index (χ0v) is 16.2. The Morgan fingerprint density at radius 1 is 1.21 bits per heavy atom. The van der Waals surface area contributed by atoms with Crippen LogP contribution in [0.4, 0.5) is 21.7 Å². The highest BCUT2D eigenvalue weighted by molar-refractivity contribution is 5.55.